The lowest BCUT2D eigenvalue weighted by Gasteiger charge is -2.07. The van der Waals surface area contributed by atoms with Gasteiger partial charge >= 0.3 is 11.2 Å². The molecule has 0 spiro atoms. The number of alkyl halides is 3. The van der Waals surface area contributed by atoms with Crippen LogP contribution in [0.2, 0.25) is 0 Å². The van der Waals surface area contributed by atoms with E-state index < -0.39 is 21.4 Å². The Kier molecular flexibility index (Phi) is 6.07. The zero-order chi connectivity index (χ0) is 23.0. The Morgan fingerprint density at radius 1 is 1.23 bits per heavy atom. The standard InChI is InChI=1S/C17H16F3N5O4S2/c1-10-15(26)25(12-2-4-13(5-3-12)30-17(18,19)20)16(27)24(10)9-11-6-7-22-14(8-11)23-31(21,28)29/h2-8,26H,9H2,1H3,(H,22,23)(H2,21,28,29). The van der Waals surface area contributed by atoms with Gasteiger partial charge in [0.1, 0.15) is 5.82 Å². The Balaban J connectivity index is 1.93. The van der Waals surface area contributed by atoms with Crippen molar-refractivity contribution in [1.29, 1.82) is 0 Å². The lowest BCUT2D eigenvalue weighted by atomic mass is 10.2. The third-order valence-electron chi connectivity index (χ3n) is 4.10. The number of nitrogens with two attached hydrogens (primary N) is 1. The summed E-state index contributed by atoms with van der Waals surface area (Å²) in [4.78, 5) is 16.6. The second kappa shape index (κ2) is 8.28. The van der Waals surface area contributed by atoms with Gasteiger partial charge in [0.25, 0.3) is 10.2 Å². The number of anilines is 1. The van der Waals surface area contributed by atoms with E-state index in [1.165, 1.54) is 54.1 Å². The number of hydrogen-bond donors (Lipinski definition) is 3. The lowest BCUT2D eigenvalue weighted by molar-refractivity contribution is -0.0328. The van der Waals surface area contributed by atoms with Crippen molar-refractivity contribution in [2.75, 3.05) is 4.72 Å². The molecule has 9 nitrogen and oxygen atoms in total. The van der Waals surface area contributed by atoms with Crippen molar-refractivity contribution in [3.05, 3.63) is 64.3 Å². The maximum Gasteiger partial charge on any atom is 0.446 e. The molecule has 0 radical (unpaired) electrons. The predicted molar refractivity (Wildman–Crippen MR) is 108 cm³/mol. The van der Waals surface area contributed by atoms with Crippen molar-refractivity contribution in [1.82, 2.24) is 14.1 Å². The van der Waals surface area contributed by atoms with E-state index in [-0.39, 0.29) is 46.3 Å². The van der Waals surface area contributed by atoms with Crippen molar-refractivity contribution in [2.24, 2.45) is 5.14 Å². The largest absolute Gasteiger partial charge is 0.493 e. The van der Waals surface area contributed by atoms with Crippen LogP contribution < -0.4 is 15.6 Å². The Bertz CT molecular complexity index is 1270. The summed E-state index contributed by atoms with van der Waals surface area (Å²) in [6.07, 6.45) is 1.32. The van der Waals surface area contributed by atoms with E-state index in [0.29, 0.717) is 5.56 Å². The van der Waals surface area contributed by atoms with Gasteiger partial charge in [0.05, 0.1) is 17.9 Å². The highest BCUT2D eigenvalue weighted by atomic mass is 32.2. The van der Waals surface area contributed by atoms with E-state index in [2.05, 4.69) is 4.98 Å². The number of nitrogens with zero attached hydrogens (tertiary/aromatic N) is 3. The molecule has 31 heavy (non-hydrogen) atoms. The molecule has 166 valence electrons. The summed E-state index contributed by atoms with van der Waals surface area (Å²) in [7, 11) is -4.03. The lowest BCUT2D eigenvalue weighted by Crippen LogP contribution is -2.25. The number of rotatable bonds is 6. The first kappa shape index (κ1) is 22.7. The maximum atomic E-state index is 12.9. The SMILES string of the molecule is Cc1c(O)n(-c2ccc(SC(F)(F)F)cc2)c(=O)n1Cc1ccnc(NS(N)(=O)=O)c1. The van der Waals surface area contributed by atoms with Crippen molar-refractivity contribution in [3.63, 3.8) is 0 Å². The second-order valence-electron chi connectivity index (χ2n) is 6.35. The molecule has 0 aliphatic carbocycles. The van der Waals surface area contributed by atoms with Gasteiger partial charge in [-0.2, -0.15) is 21.6 Å². The minimum atomic E-state index is -4.44. The van der Waals surface area contributed by atoms with Gasteiger partial charge in [-0.15, -0.1) is 0 Å². The summed E-state index contributed by atoms with van der Waals surface area (Å²) in [5.41, 5.74) is -4.20. The van der Waals surface area contributed by atoms with E-state index in [9.17, 15) is 31.5 Å². The number of nitrogens with one attached hydrogen (secondary N) is 1. The van der Waals surface area contributed by atoms with Crippen molar-refractivity contribution < 1.29 is 26.7 Å². The van der Waals surface area contributed by atoms with Crippen LogP contribution in [0.15, 0.2) is 52.3 Å². The van der Waals surface area contributed by atoms with Crippen LogP contribution in [0.25, 0.3) is 5.69 Å². The van der Waals surface area contributed by atoms with E-state index in [1.54, 1.807) is 0 Å². The molecule has 0 fully saturated rings. The minimum absolute atomic E-state index is 0.0327. The Hall–Kier alpha value is -2.97. The molecule has 0 bridgehead atoms. The normalized spacial score (nSPS) is 12.2. The summed E-state index contributed by atoms with van der Waals surface area (Å²) in [6.45, 7) is 1.46. The van der Waals surface area contributed by atoms with Crippen LogP contribution in [-0.4, -0.2) is 33.2 Å². The first-order chi connectivity index (χ1) is 14.3. The van der Waals surface area contributed by atoms with Gasteiger partial charge in [-0.3, -0.25) is 9.29 Å². The van der Waals surface area contributed by atoms with Crippen LogP contribution >= 0.6 is 11.8 Å². The molecule has 3 aromatic rings. The molecule has 0 atom stereocenters. The fraction of sp³-hybridized carbons (Fsp3) is 0.176. The summed E-state index contributed by atoms with van der Waals surface area (Å²) in [5, 5.41) is 15.3. The number of halogens is 3. The van der Waals surface area contributed by atoms with Gasteiger partial charge in [0.2, 0.25) is 5.88 Å². The molecule has 3 rings (SSSR count). The van der Waals surface area contributed by atoms with Crippen molar-refractivity contribution in [2.45, 2.75) is 23.9 Å². The van der Waals surface area contributed by atoms with Crippen molar-refractivity contribution >= 4 is 27.8 Å². The van der Waals surface area contributed by atoms with Crippen LogP contribution in [0.1, 0.15) is 11.3 Å². The highest BCUT2D eigenvalue weighted by Gasteiger charge is 2.29. The van der Waals surface area contributed by atoms with Crippen LogP contribution in [0.4, 0.5) is 19.0 Å². The summed E-state index contributed by atoms with van der Waals surface area (Å²) in [5.74, 6) is -0.426. The van der Waals surface area contributed by atoms with Gasteiger partial charge in [-0.25, -0.2) is 19.5 Å². The van der Waals surface area contributed by atoms with Crippen LogP contribution in [0.5, 0.6) is 5.88 Å². The summed E-state index contributed by atoms with van der Waals surface area (Å²) < 4.78 is 64.0. The van der Waals surface area contributed by atoms with Gasteiger partial charge in [0.15, 0.2) is 0 Å². The molecule has 0 aliphatic heterocycles. The zero-order valence-electron chi connectivity index (χ0n) is 15.8. The molecule has 0 saturated carbocycles. The quantitative estimate of drug-likeness (QED) is 0.469. The van der Waals surface area contributed by atoms with Crippen LogP contribution in [-0.2, 0) is 16.8 Å². The topological polar surface area (TPSA) is 132 Å². The van der Waals surface area contributed by atoms with E-state index in [4.69, 9.17) is 5.14 Å². The molecule has 0 unspecified atom stereocenters. The van der Waals surface area contributed by atoms with E-state index in [1.807, 2.05) is 4.72 Å². The minimum Gasteiger partial charge on any atom is -0.493 e. The van der Waals surface area contributed by atoms with Gasteiger partial charge in [-0.05, 0) is 60.6 Å². The van der Waals surface area contributed by atoms with E-state index in [0.717, 1.165) is 4.57 Å². The third kappa shape index (κ3) is 5.59. The first-order valence-corrected chi connectivity index (χ1v) is 10.8. The number of benzene rings is 1. The monoisotopic (exact) mass is 475 g/mol. The Morgan fingerprint density at radius 2 is 1.87 bits per heavy atom. The fourth-order valence-corrected chi connectivity index (χ4v) is 3.75. The number of aromatic nitrogens is 3. The molecule has 2 heterocycles. The first-order valence-electron chi connectivity index (χ1n) is 8.47. The van der Waals surface area contributed by atoms with Gasteiger partial charge in [0, 0.05) is 11.1 Å². The predicted octanol–water partition coefficient (Wildman–Crippen LogP) is 2.32. The number of hydrogen-bond acceptors (Lipinski definition) is 6. The van der Waals surface area contributed by atoms with Crippen LogP contribution in [0.3, 0.4) is 0 Å². The molecular weight excluding hydrogens is 459 g/mol. The van der Waals surface area contributed by atoms with E-state index >= 15 is 0 Å². The average Bonchev–Trinajstić information content (AvgIpc) is 2.84. The Morgan fingerprint density at radius 3 is 2.45 bits per heavy atom. The Labute approximate surface area is 178 Å². The van der Waals surface area contributed by atoms with Crippen LogP contribution in [0, 0.1) is 6.92 Å². The number of pyridine rings is 1. The summed E-state index contributed by atoms with van der Waals surface area (Å²) in [6, 6.07) is 7.88. The molecule has 4 N–H and O–H groups in total. The molecule has 14 heteroatoms. The number of imidazole rings is 1. The average molecular weight is 475 g/mol. The molecular formula is C17H16F3N5O4S2. The number of aromatic hydroxyl groups is 1. The second-order valence-corrected chi connectivity index (χ2v) is 8.78. The molecule has 1 aromatic carbocycles. The zero-order valence-corrected chi connectivity index (χ0v) is 17.4. The fourth-order valence-electron chi connectivity index (χ4n) is 2.81. The van der Waals surface area contributed by atoms with Gasteiger partial charge in [-0.1, -0.05) is 0 Å². The molecule has 0 amide bonds. The molecule has 2 aromatic heterocycles. The number of thioether (sulfide) groups is 1. The molecule has 0 saturated heterocycles. The maximum absolute atomic E-state index is 12.9. The van der Waals surface area contributed by atoms with Crippen molar-refractivity contribution in [3.8, 4) is 11.6 Å². The van der Waals surface area contributed by atoms with Gasteiger partial charge < -0.3 is 5.11 Å². The highest BCUT2D eigenvalue weighted by molar-refractivity contribution is 8.00. The smallest absolute Gasteiger partial charge is 0.446 e. The molecule has 0 aliphatic rings. The summed E-state index contributed by atoms with van der Waals surface area (Å²) >= 11 is -0.290. The third-order valence-corrected chi connectivity index (χ3v) is 5.34. The highest BCUT2D eigenvalue weighted by Crippen LogP contribution is 2.37.